The molecule has 0 spiro atoms. The van der Waals surface area contributed by atoms with Crippen LogP contribution in [0.1, 0.15) is 10.5 Å². The second-order valence-electron chi connectivity index (χ2n) is 6.24. The number of imidazole rings is 1. The van der Waals surface area contributed by atoms with E-state index in [-0.39, 0.29) is 22.7 Å². The number of nitrogens with two attached hydrogens (primary N) is 1. The van der Waals surface area contributed by atoms with Gasteiger partial charge in [0.2, 0.25) is 0 Å². The number of methoxy groups -OCH3 is 2. The van der Waals surface area contributed by atoms with Crippen molar-refractivity contribution < 1.29 is 18.7 Å². The summed E-state index contributed by atoms with van der Waals surface area (Å²) in [6.07, 6.45) is 0. The maximum atomic E-state index is 13.3. The van der Waals surface area contributed by atoms with Crippen molar-refractivity contribution in [2.45, 2.75) is 0 Å². The first-order chi connectivity index (χ1) is 14.4. The molecule has 0 radical (unpaired) electrons. The van der Waals surface area contributed by atoms with Crippen molar-refractivity contribution in [2.75, 3.05) is 14.2 Å². The standard InChI is InChI=1S/C20H16FN5O4/c1-29-13-5-3-4-12(16(13)30-2)26-19-15(24-20(26)28)14(17(22)27)23-18(25-19)10-6-8-11(21)9-7-10/h3-9H,1-2H3,(H2,22,27)(H,24,28). The normalized spacial score (nSPS) is 10.9. The van der Waals surface area contributed by atoms with Crippen LogP contribution in [-0.2, 0) is 0 Å². The highest BCUT2D eigenvalue weighted by molar-refractivity contribution is 6.02. The molecule has 4 aromatic rings. The smallest absolute Gasteiger partial charge is 0.332 e. The summed E-state index contributed by atoms with van der Waals surface area (Å²) < 4.78 is 25.3. The van der Waals surface area contributed by atoms with Gasteiger partial charge in [-0.15, -0.1) is 0 Å². The van der Waals surface area contributed by atoms with Crippen LogP contribution < -0.4 is 20.9 Å². The second-order valence-corrected chi connectivity index (χ2v) is 6.24. The summed E-state index contributed by atoms with van der Waals surface area (Å²) in [6, 6.07) is 10.4. The highest BCUT2D eigenvalue weighted by atomic mass is 19.1. The minimum Gasteiger partial charge on any atom is -0.493 e. The van der Waals surface area contributed by atoms with E-state index in [1.165, 1.54) is 43.1 Å². The molecule has 0 aliphatic rings. The Labute approximate surface area is 168 Å². The topological polar surface area (TPSA) is 125 Å². The molecule has 0 saturated carbocycles. The van der Waals surface area contributed by atoms with E-state index in [9.17, 15) is 14.0 Å². The first-order valence-electron chi connectivity index (χ1n) is 8.74. The van der Waals surface area contributed by atoms with Gasteiger partial charge in [0, 0.05) is 5.56 Å². The number of carbonyl (C=O) groups is 1. The van der Waals surface area contributed by atoms with Gasteiger partial charge in [-0.2, -0.15) is 0 Å². The van der Waals surface area contributed by atoms with Crippen molar-refractivity contribution in [3.63, 3.8) is 0 Å². The number of hydrogen-bond acceptors (Lipinski definition) is 6. The quantitative estimate of drug-likeness (QED) is 0.520. The Morgan fingerprint density at radius 3 is 2.47 bits per heavy atom. The molecule has 0 bridgehead atoms. The van der Waals surface area contributed by atoms with Crippen LogP contribution in [0.2, 0.25) is 0 Å². The lowest BCUT2D eigenvalue weighted by molar-refractivity contribution is 0.0997. The molecule has 0 saturated heterocycles. The maximum absolute atomic E-state index is 13.3. The van der Waals surface area contributed by atoms with Crippen LogP contribution in [0.25, 0.3) is 28.2 Å². The van der Waals surface area contributed by atoms with E-state index in [4.69, 9.17) is 15.2 Å². The SMILES string of the molecule is COc1cccc(-n2c(=O)[nH]c3c(C(N)=O)nc(-c4ccc(F)cc4)nc32)c1OC. The average Bonchev–Trinajstić information content (AvgIpc) is 3.08. The fourth-order valence-corrected chi connectivity index (χ4v) is 3.16. The molecule has 2 heterocycles. The van der Waals surface area contributed by atoms with Gasteiger partial charge < -0.3 is 20.2 Å². The third-order valence-electron chi connectivity index (χ3n) is 4.50. The zero-order valence-electron chi connectivity index (χ0n) is 16.0. The Morgan fingerprint density at radius 2 is 1.83 bits per heavy atom. The number of hydrogen-bond donors (Lipinski definition) is 2. The van der Waals surface area contributed by atoms with Gasteiger partial charge in [0.25, 0.3) is 5.91 Å². The van der Waals surface area contributed by atoms with Crippen LogP contribution >= 0.6 is 0 Å². The summed E-state index contributed by atoms with van der Waals surface area (Å²) in [5.74, 6) is -0.484. The number of nitrogens with one attached hydrogen (secondary N) is 1. The number of para-hydroxylation sites is 1. The van der Waals surface area contributed by atoms with Gasteiger partial charge in [-0.1, -0.05) is 6.07 Å². The summed E-state index contributed by atoms with van der Waals surface area (Å²) in [7, 11) is 2.91. The molecule has 30 heavy (non-hydrogen) atoms. The largest absolute Gasteiger partial charge is 0.493 e. The number of rotatable bonds is 5. The minimum atomic E-state index is -0.850. The fraction of sp³-hybridized carbons (Fsp3) is 0.100. The Balaban J connectivity index is 2.08. The fourth-order valence-electron chi connectivity index (χ4n) is 3.16. The number of H-pyrrole nitrogens is 1. The first-order valence-corrected chi connectivity index (χ1v) is 8.74. The number of ether oxygens (including phenoxy) is 2. The van der Waals surface area contributed by atoms with Gasteiger partial charge in [0.1, 0.15) is 11.3 Å². The number of amides is 1. The summed E-state index contributed by atoms with van der Waals surface area (Å²) in [4.78, 5) is 36.0. The van der Waals surface area contributed by atoms with Crippen molar-refractivity contribution in [3.8, 4) is 28.6 Å². The minimum absolute atomic E-state index is 0.0724. The summed E-state index contributed by atoms with van der Waals surface area (Å²) in [6.45, 7) is 0. The average molecular weight is 409 g/mol. The lowest BCUT2D eigenvalue weighted by Crippen LogP contribution is -2.16. The number of halogens is 1. The molecule has 3 N–H and O–H groups in total. The molecule has 0 aliphatic heterocycles. The first kappa shape index (κ1) is 19.1. The van der Waals surface area contributed by atoms with E-state index in [0.29, 0.717) is 22.7 Å². The summed E-state index contributed by atoms with van der Waals surface area (Å²) >= 11 is 0. The van der Waals surface area contributed by atoms with Gasteiger partial charge in [-0.25, -0.2) is 23.7 Å². The molecule has 0 unspecified atom stereocenters. The molecular weight excluding hydrogens is 393 g/mol. The zero-order valence-corrected chi connectivity index (χ0v) is 16.0. The van der Waals surface area contributed by atoms with Gasteiger partial charge in [0.15, 0.2) is 28.7 Å². The molecule has 0 atom stereocenters. The summed E-state index contributed by atoms with van der Waals surface area (Å²) in [5, 5.41) is 0. The Hall–Kier alpha value is -4.21. The van der Waals surface area contributed by atoms with E-state index < -0.39 is 17.4 Å². The molecule has 152 valence electrons. The number of aromatic amines is 1. The van der Waals surface area contributed by atoms with Crippen LogP contribution in [0.4, 0.5) is 4.39 Å². The molecule has 2 aromatic carbocycles. The third-order valence-corrected chi connectivity index (χ3v) is 4.50. The monoisotopic (exact) mass is 409 g/mol. The molecule has 0 aliphatic carbocycles. The highest BCUT2D eigenvalue weighted by Crippen LogP contribution is 2.34. The number of fused-ring (bicyclic) bond motifs is 1. The lowest BCUT2D eigenvalue weighted by Gasteiger charge is -2.13. The van der Waals surface area contributed by atoms with E-state index in [1.54, 1.807) is 18.2 Å². The number of nitrogens with zero attached hydrogens (tertiary/aromatic N) is 3. The van der Waals surface area contributed by atoms with Crippen molar-refractivity contribution in [1.29, 1.82) is 0 Å². The number of carbonyl (C=O) groups excluding carboxylic acids is 1. The summed E-state index contributed by atoms with van der Waals surface area (Å²) in [5.41, 5.74) is 5.70. The maximum Gasteiger partial charge on any atom is 0.332 e. The Kier molecular flexibility index (Phi) is 4.66. The molecule has 0 fully saturated rings. The Bertz CT molecular complexity index is 1330. The number of benzene rings is 2. The Morgan fingerprint density at radius 1 is 1.10 bits per heavy atom. The van der Waals surface area contributed by atoms with Crippen molar-refractivity contribution >= 4 is 17.1 Å². The highest BCUT2D eigenvalue weighted by Gasteiger charge is 2.22. The second kappa shape index (κ2) is 7.32. The van der Waals surface area contributed by atoms with E-state index in [2.05, 4.69) is 15.0 Å². The molecule has 1 amide bonds. The molecular formula is C20H16FN5O4. The van der Waals surface area contributed by atoms with Crippen LogP contribution in [0.15, 0.2) is 47.3 Å². The molecule has 4 rings (SSSR count). The molecule has 9 nitrogen and oxygen atoms in total. The lowest BCUT2D eigenvalue weighted by atomic mass is 10.2. The van der Waals surface area contributed by atoms with Gasteiger partial charge in [-0.05, 0) is 36.4 Å². The zero-order chi connectivity index (χ0) is 21.4. The van der Waals surface area contributed by atoms with Crippen LogP contribution in [0.5, 0.6) is 11.5 Å². The number of primary amides is 1. The van der Waals surface area contributed by atoms with E-state index in [0.717, 1.165) is 0 Å². The van der Waals surface area contributed by atoms with E-state index in [1.807, 2.05) is 0 Å². The predicted molar refractivity (Wildman–Crippen MR) is 107 cm³/mol. The van der Waals surface area contributed by atoms with Crippen molar-refractivity contribution in [3.05, 3.63) is 64.5 Å². The van der Waals surface area contributed by atoms with Crippen LogP contribution in [0, 0.1) is 5.82 Å². The van der Waals surface area contributed by atoms with Crippen molar-refractivity contribution in [2.24, 2.45) is 5.73 Å². The van der Waals surface area contributed by atoms with Gasteiger partial charge >= 0.3 is 5.69 Å². The van der Waals surface area contributed by atoms with Gasteiger partial charge in [-0.3, -0.25) is 4.79 Å². The van der Waals surface area contributed by atoms with E-state index >= 15 is 0 Å². The predicted octanol–water partition coefficient (Wildman–Crippen LogP) is 2.03. The van der Waals surface area contributed by atoms with Crippen molar-refractivity contribution in [1.82, 2.24) is 19.5 Å². The number of aromatic nitrogens is 4. The van der Waals surface area contributed by atoms with Crippen LogP contribution in [0.3, 0.4) is 0 Å². The molecule has 2 aromatic heterocycles. The van der Waals surface area contributed by atoms with Crippen LogP contribution in [-0.4, -0.2) is 39.6 Å². The van der Waals surface area contributed by atoms with Gasteiger partial charge in [0.05, 0.1) is 19.9 Å². The molecule has 10 heteroatoms. The third kappa shape index (κ3) is 3.04.